The molecule has 1 aliphatic rings. The van der Waals surface area contributed by atoms with Gasteiger partial charge >= 0.3 is 6.18 Å². The second-order valence-electron chi connectivity index (χ2n) is 4.23. The van der Waals surface area contributed by atoms with E-state index in [4.69, 9.17) is 0 Å². The van der Waals surface area contributed by atoms with E-state index in [0.717, 1.165) is 0 Å². The van der Waals surface area contributed by atoms with Crippen LogP contribution in [0.1, 0.15) is 15.9 Å². The average molecular weight is 313 g/mol. The van der Waals surface area contributed by atoms with Crippen LogP contribution in [-0.4, -0.2) is 37.0 Å². The smallest absolute Gasteiger partial charge is 0.336 e. The number of carbonyl (C=O) groups excluding carboxylic acids is 1. The van der Waals surface area contributed by atoms with Crippen molar-refractivity contribution >= 4 is 18.3 Å². The summed E-state index contributed by atoms with van der Waals surface area (Å²) < 4.78 is 51.5. The van der Waals surface area contributed by atoms with Crippen LogP contribution in [0.3, 0.4) is 0 Å². The van der Waals surface area contributed by atoms with Crippen molar-refractivity contribution in [2.45, 2.75) is 6.18 Å². The Morgan fingerprint density at radius 2 is 1.80 bits per heavy atom. The Kier molecular flexibility index (Phi) is 5.35. The van der Waals surface area contributed by atoms with Crippen molar-refractivity contribution in [2.24, 2.45) is 0 Å². The van der Waals surface area contributed by atoms with Crippen molar-refractivity contribution < 1.29 is 22.4 Å². The van der Waals surface area contributed by atoms with E-state index in [1.807, 2.05) is 0 Å². The molecule has 1 N–H and O–H groups in total. The molecule has 1 aromatic carbocycles. The van der Waals surface area contributed by atoms with Gasteiger partial charge in [0.1, 0.15) is 5.82 Å². The number of amides is 1. The topological polar surface area (TPSA) is 32.3 Å². The fourth-order valence-electron chi connectivity index (χ4n) is 1.98. The van der Waals surface area contributed by atoms with Crippen LogP contribution < -0.4 is 5.32 Å². The highest BCUT2D eigenvalue weighted by Gasteiger charge is 2.36. The molecule has 1 fully saturated rings. The summed E-state index contributed by atoms with van der Waals surface area (Å²) in [5, 5.41) is 2.99. The summed E-state index contributed by atoms with van der Waals surface area (Å²) >= 11 is 0. The number of nitrogens with one attached hydrogen (secondary N) is 1. The molecular formula is C12H13ClF4N2O. The van der Waals surface area contributed by atoms with Crippen LogP contribution >= 0.6 is 12.4 Å². The van der Waals surface area contributed by atoms with Gasteiger partial charge in [-0.3, -0.25) is 4.79 Å². The summed E-state index contributed by atoms with van der Waals surface area (Å²) in [6, 6.07) is 1.95. The van der Waals surface area contributed by atoms with Crippen LogP contribution in [0, 0.1) is 5.82 Å². The molecule has 0 unspecified atom stereocenters. The number of benzene rings is 1. The lowest BCUT2D eigenvalue weighted by atomic mass is 10.1. The minimum Gasteiger partial charge on any atom is -0.336 e. The molecule has 1 heterocycles. The molecule has 0 saturated carbocycles. The molecule has 3 nitrogen and oxygen atoms in total. The summed E-state index contributed by atoms with van der Waals surface area (Å²) in [6.45, 7) is 1.66. The molecule has 0 aromatic heterocycles. The highest BCUT2D eigenvalue weighted by Crippen LogP contribution is 2.32. The van der Waals surface area contributed by atoms with Crippen LogP contribution in [-0.2, 0) is 6.18 Å². The van der Waals surface area contributed by atoms with E-state index < -0.39 is 29.0 Å². The number of alkyl halides is 3. The third-order valence-corrected chi connectivity index (χ3v) is 2.92. The molecule has 0 radical (unpaired) electrons. The quantitative estimate of drug-likeness (QED) is 0.807. The van der Waals surface area contributed by atoms with E-state index >= 15 is 0 Å². The van der Waals surface area contributed by atoms with Gasteiger partial charge in [-0.2, -0.15) is 13.2 Å². The number of hydrogen-bond acceptors (Lipinski definition) is 2. The molecule has 8 heteroatoms. The molecule has 1 aromatic rings. The number of halogens is 5. The minimum atomic E-state index is -4.67. The van der Waals surface area contributed by atoms with Crippen LogP contribution in [0.2, 0.25) is 0 Å². The van der Waals surface area contributed by atoms with E-state index in [2.05, 4.69) is 5.32 Å². The lowest BCUT2D eigenvalue weighted by Crippen LogP contribution is -2.46. The van der Waals surface area contributed by atoms with Crippen LogP contribution in [0.4, 0.5) is 17.6 Å². The molecule has 0 aliphatic carbocycles. The number of nitrogens with zero attached hydrogens (tertiary/aromatic N) is 1. The fourth-order valence-corrected chi connectivity index (χ4v) is 1.98. The Morgan fingerprint density at radius 3 is 2.35 bits per heavy atom. The first-order chi connectivity index (χ1) is 8.89. The van der Waals surface area contributed by atoms with Crippen LogP contribution in [0.15, 0.2) is 18.2 Å². The van der Waals surface area contributed by atoms with E-state index in [1.54, 1.807) is 0 Å². The van der Waals surface area contributed by atoms with Crippen molar-refractivity contribution in [1.82, 2.24) is 10.2 Å². The Morgan fingerprint density at radius 1 is 1.20 bits per heavy atom. The Labute approximate surface area is 119 Å². The zero-order valence-electron chi connectivity index (χ0n) is 10.3. The molecule has 0 bridgehead atoms. The van der Waals surface area contributed by atoms with Gasteiger partial charge in [0.15, 0.2) is 0 Å². The summed E-state index contributed by atoms with van der Waals surface area (Å²) in [4.78, 5) is 13.3. The maximum atomic E-state index is 13.1. The van der Waals surface area contributed by atoms with Crippen molar-refractivity contribution in [3.05, 3.63) is 35.1 Å². The Bertz CT molecular complexity index is 487. The first-order valence-electron chi connectivity index (χ1n) is 5.76. The SMILES string of the molecule is Cl.O=C(c1cc(F)ccc1C(F)(F)F)N1CCNCC1. The fraction of sp³-hybridized carbons (Fsp3) is 0.417. The molecule has 0 atom stereocenters. The number of carbonyl (C=O) groups is 1. The zero-order valence-corrected chi connectivity index (χ0v) is 11.2. The van der Waals surface area contributed by atoms with Gasteiger partial charge in [0.2, 0.25) is 0 Å². The van der Waals surface area contributed by atoms with Gasteiger partial charge in [-0.15, -0.1) is 12.4 Å². The maximum Gasteiger partial charge on any atom is 0.417 e. The monoisotopic (exact) mass is 312 g/mol. The lowest BCUT2D eigenvalue weighted by molar-refractivity contribution is -0.138. The number of rotatable bonds is 1. The maximum absolute atomic E-state index is 13.1. The summed E-state index contributed by atoms with van der Waals surface area (Å²) in [5.41, 5.74) is -1.73. The molecule has 20 heavy (non-hydrogen) atoms. The van der Waals surface area contributed by atoms with Crippen molar-refractivity contribution in [3.63, 3.8) is 0 Å². The van der Waals surface area contributed by atoms with Gasteiger partial charge in [-0.25, -0.2) is 4.39 Å². The third-order valence-electron chi connectivity index (χ3n) is 2.92. The molecule has 1 saturated heterocycles. The first kappa shape index (κ1) is 16.7. The van der Waals surface area contributed by atoms with E-state index in [-0.39, 0.29) is 12.4 Å². The predicted octanol–water partition coefficient (Wildman–Crippen LogP) is 2.31. The second-order valence-corrected chi connectivity index (χ2v) is 4.23. The van der Waals surface area contributed by atoms with E-state index in [0.29, 0.717) is 44.4 Å². The summed E-state index contributed by atoms with van der Waals surface area (Å²) in [6.07, 6.45) is -4.67. The highest BCUT2D eigenvalue weighted by molar-refractivity contribution is 5.96. The van der Waals surface area contributed by atoms with Crippen molar-refractivity contribution in [2.75, 3.05) is 26.2 Å². The molecule has 0 spiro atoms. The Balaban J connectivity index is 0.00000200. The van der Waals surface area contributed by atoms with Crippen LogP contribution in [0.25, 0.3) is 0 Å². The number of hydrogen-bond donors (Lipinski definition) is 1. The van der Waals surface area contributed by atoms with E-state index in [9.17, 15) is 22.4 Å². The van der Waals surface area contributed by atoms with Gasteiger partial charge in [0.25, 0.3) is 5.91 Å². The Hall–Kier alpha value is -1.34. The molecule has 1 amide bonds. The lowest BCUT2D eigenvalue weighted by Gasteiger charge is -2.28. The van der Waals surface area contributed by atoms with Gasteiger partial charge in [0, 0.05) is 26.2 Å². The molecule has 112 valence electrons. The van der Waals surface area contributed by atoms with Crippen molar-refractivity contribution in [1.29, 1.82) is 0 Å². The first-order valence-corrected chi connectivity index (χ1v) is 5.76. The van der Waals surface area contributed by atoms with Gasteiger partial charge in [0.05, 0.1) is 11.1 Å². The number of piperazine rings is 1. The standard InChI is InChI=1S/C12H12F4N2O.ClH/c13-8-1-2-10(12(14,15)16)9(7-8)11(19)18-5-3-17-4-6-18;/h1-2,7,17H,3-6H2;1H. The van der Waals surface area contributed by atoms with Gasteiger partial charge in [-0.1, -0.05) is 0 Å². The van der Waals surface area contributed by atoms with Gasteiger partial charge in [-0.05, 0) is 18.2 Å². The minimum absolute atomic E-state index is 0. The van der Waals surface area contributed by atoms with E-state index in [1.165, 1.54) is 4.90 Å². The highest BCUT2D eigenvalue weighted by atomic mass is 35.5. The average Bonchev–Trinajstić information content (AvgIpc) is 2.37. The largest absolute Gasteiger partial charge is 0.417 e. The predicted molar refractivity (Wildman–Crippen MR) is 67.4 cm³/mol. The molecular weight excluding hydrogens is 300 g/mol. The molecule has 2 rings (SSSR count). The second kappa shape index (κ2) is 6.41. The van der Waals surface area contributed by atoms with Crippen LogP contribution in [0.5, 0.6) is 0 Å². The molecule has 1 aliphatic heterocycles. The zero-order chi connectivity index (χ0) is 14.0. The summed E-state index contributed by atoms with van der Waals surface area (Å²) in [5.74, 6) is -1.64. The van der Waals surface area contributed by atoms with Crippen molar-refractivity contribution in [3.8, 4) is 0 Å². The van der Waals surface area contributed by atoms with Gasteiger partial charge < -0.3 is 10.2 Å². The third kappa shape index (κ3) is 3.61. The normalized spacial score (nSPS) is 15.7. The summed E-state index contributed by atoms with van der Waals surface area (Å²) in [7, 11) is 0.